The highest BCUT2D eigenvalue weighted by atomic mass is 16.1. The molecule has 3 heteroatoms. The van der Waals surface area contributed by atoms with Gasteiger partial charge in [-0.3, -0.25) is 4.79 Å². The number of amides is 1. The van der Waals surface area contributed by atoms with Crippen LogP contribution in [0.15, 0.2) is 9.98 Å². The molecule has 0 aromatic heterocycles. The summed E-state index contributed by atoms with van der Waals surface area (Å²) in [5.74, 6) is 0.556. The molecule has 0 atom stereocenters. The van der Waals surface area contributed by atoms with Gasteiger partial charge in [-0.2, -0.15) is 4.99 Å². The van der Waals surface area contributed by atoms with Gasteiger partial charge in [0.05, 0.1) is 0 Å². The van der Waals surface area contributed by atoms with Gasteiger partial charge >= 0.3 is 0 Å². The van der Waals surface area contributed by atoms with E-state index in [1.165, 1.54) is 0 Å². The van der Waals surface area contributed by atoms with E-state index in [1.54, 1.807) is 6.92 Å². The molecule has 0 unspecified atom stereocenters. The Morgan fingerprint density at radius 3 is 2.36 bits per heavy atom. The summed E-state index contributed by atoms with van der Waals surface area (Å²) in [6, 6.07) is 0. The SMILES string of the molecule is C=NC(=NC(=O)CC)C(C)C. The van der Waals surface area contributed by atoms with Crippen LogP contribution in [0.25, 0.3) is 0 Å². The van der Waals surface area contributed by atoms with Crippen LogP contribution in [0.2, 0.25) is 0 Å². The zero-order chi connectivity index (χ0) is 8.85. The number of rotatable bonds is 2. The van der Waals surface area contributed by atoms with Crippen molar-refractivity contribution in [2.75, 3.05) is 0 Å². The number of hydrogen-bond acceptors (Lipinski definition) is 1. The molecule has 0 saturated carbocycles. The summed E-state index contributed by atoms with van der Waals surface area (Å²) in [6.07, 6.45) is 0.422. The first kappa shape index (κ1) is 10.0. The zero-order valence-electron chi connectivity index (χ0n) is 7.29. The molecule has 0 radical (unpaired) electrons. The quantitative estimate of drug-likeness (QED) is 0.440. The molecule has 11 heavy (non-hydrogen) atoms. The van der Waals surface area contributed by atoms with Gasteiger partial charge in [-0.15, -0.1) is 0 Å². The molecule has 0 aliphatic rings. The number of hydrogen-bond donors (Lipinski definition) is 0. The van der Waals surface area contributed by atoms with Crippen LogP contribution < -0.4 is 0 Å². The highest BCUT2D eigenvalue weighted by Crippen LogP contribution is 1.99. The van der Waals surface area contributed by atoms with E-state index in [-0.39, 0.29) is 11.8 Å². The van der Waals surface area contributed by atoms with Gasteiger partial charge in [0.2, 0.25) is 5.91 Å². The van der Waals surface area contributed by atoms with Crippen molar-refractivity contribution in [2.24, 2.45) is 15.9 Å². The lowest BCUT2D eigenvalue weighted by Crippen LogP contribution is -2.06. The molecule has 0 aromatic rings. The maximum absolute atomic E-state index is 10.8. The Balaban J connectivity index is 4.35. The van der Waals surface area contributed by atoms with Crippen LogP contribution in [0.5, 0.6) is 0 Å². The Labute approximate surface area is 67.2 Å². The maximum atomic E-state index is 10.8. The Kier molecular flexibility index (Phi) is 4.34. The summed E-state index contributed by atoms with van der Waals surface area (Å²) >= 11 is 0. The van der Waals surface area contributed by atoms with E-state index in [4.69, 9.17) is 0 Å². The number of carbonyl (C=O) groups excluding carboxylic acids is 1. The molecular weight excluding hydrogens is 140 g/mol. The van der Waals surface area contributed by atoms with Crippen molar-refractivity contribution in [3.63, 3.8) is 0 Å². The summed E-state index contributed by atoms with van der Waals surface area (Å²) < 4.78 is 0. The van der Waals surface area contributed by atoms with Gasteiger partial charge in [0.1, 0.15) is 5.84 Å². The average molecular weight is 154 g/mol. The van der Waals surface area contributed by atoms with Crippen molar-refractivity contribution in [1.82, 2.24) is 0 Å². The molecule has 0 spiro atoms. The van der Waals surface area contributed by atoms with Crippen molar-refractivity contribution in [3.8, 4) is 0 Å². The van der Waals surface area contributed by atoms with Gasteiger partial charge in [0.25, 0.3) is 0 Å². The van der Waals surface area contributed by atoms with Gasteiger partial charge in [-0.1, -0.05) is 20.8 Å². The molecule has 3 nitrogen and oxygen atoms in total. The Hall–Kier alpha value is -0.990. The molecule has 0 rings (SSSR count). The highest BCUT2D eigenvalue weighted by molar-refractivity contribution is 5.97. The third-order valence-corrected chi connectivity index (χ3v) is 1.22. The lowest BCUT2D eigenvalue weighted by molar-refractivity contribution is -0.117. The van der Waals surface area contributed by atoms with Crippen LogP contribution in [-0.2, 0) is 4.79 Å². The second kappa shape index (κ2) is 4.77. The number of nitrogens with zero attached hydrogens (tertiary/aromatic N) is 2. The monoisotopic (exact) mass is 154 g/mol. The Morgan fingerprint density at radius 2 is 2.09 bits per heavy atom. The topological polar surface area (TPSA) is 41.8 Å². The number of amidine groups is 1. The van der Waals surface area contributed by atoms with Crippen LogP contribution in [-0.4, -0.2) is 18.5 Å². The maximum Gasteiger partial charge on any atom is 0.247 e. The fraction of sp³-hybridized carbons (Fsp3) is 0.625. The molecule has 0 fully saturated rings. The molecule has 0 saturated heterocycles. The Morgan fingerprint density at radius 1 is 1.55 bits per heavy atom. The summed E-state index contributed by atoms with van der Waals surface area (Å²) in [7, 11) is 0. The third-order valence-electron chi connectivity index (χ3n) is 1.22. The Bertz CT molecular complexity index is 183. The van der Waals surface area contributed by atoms with E-state index in [0.29, 0.717) is 12.3 Å². The van der Waals surface area contributed by atoms with Crippen molar-refractivity contribution in [1.29, 1.82) is 0 Å². The van der Waals surface area contributed by atoms with E-state index < -0.39 is 0 Å². The first-order chi connectivity index (χ1) is 5.11. The van der Waals surface area contributed by atoms with E-state index in [0.717, 1.165) is 0 Å². The average Bonchev–Trinajstić information content (AvgIpc) is 1.99. The van der Waals surface area contributed by atoms with Crippen LogP contribution in [0.4, 0.5) is 0 Å². The van der Waals surface area contributed by atoms with Crippen LogP contribution in [0, 0.1) is 5.92 Å². The van der Waals surface area contributed by atoms with E-state index >= 15 is 0 Å². The van der Waals surface area contributed by atoms with Gasteiger partial charge in [-0.05, 0) is 6.72 Å². The van der Waals surface area contributed by atoms with Crippen LogP contribution >= 0.6 is 0 Å². The minimum absolute atomic E-state index is 0.138. The molecule has 0 heterocycles. The second-order valence-corrected chi connectivity index (χ2v) is 2.53. The molecular formula is C8H14N2O. The fourth-order valence-electron chi connectivity index (χ4n) is 0.554. The summed E-state index contributed by atoms with van der Waals surface area (Å²) in [6.45, 7) is 8.96. The number of carbonyl (C=O) groups is 1. The van der Waals surface area contributed by atoms with Crippen molar-refractivity contribution in [2.45, 2.75) is 27.2 Å². The summed E-state index contributed by atoms with van der Waals surface area (Å²) in [4.78, 5) is 18.2. The van der Waals surface area contributed by atoms with Gasteiger partial charge in [0, 0.05) is 12.3 Å². The molecule has 0 aliphatic heterocycles. The molecule has 0 bridgehead atoms. The number of aliphatic imine (C=N–C) groups is 2. The van der Waals surface area contributed by atoms with Crippen LogP contribution in [0.1, 0.15) is 27.2 Å². The third kappa shape index (κ3) is 3.65. The van der Waals surface area contributed by atoms with Gasteiger partial charge in [0.15, 0.2) is 0 Å². The zero-order valence-corrected chi connectivity index (χ0v) is 7.29. The highest BCUT2D eigenvalue weighted by Gasteiger charge is 2.03. The first-order valence-electron chi connectivity index (χ1n) is 3.70. The van der Waals surface area contributed by atoms with Gasteiger partial charge in [-0.25, -0.2) is 4.99 Å². The molecule has 0 aliphatic carbocycles. The fourth-order valence-corrected chi connectivity index (χ4v) is 0.554. The lowest BCUT2D eigenvalue weighted by Gasteiger charge is -2.01. The van der Waals surface area contributed by atoms with Crippen molar-refractivity contribution >= 4 is 18.5 Å². The van der Waals surface area contributed by atoms with Crippen molar-refractivity contribution < 1.29 is 4.79 Å². The largest absolute Gasteiger partial charge is 0.273 e. The lowest BCUT2D eigenvalue weighted by atomic mass is 10.2. The van der Waals surface area contributed by atoms with Crippen LogP contribution in [0.3, 0.4) is 0 Å². The predicted molar refractivity (Wildman–Crippen MR) is 47.1 cm³/mol. The molecule has 62 valence electrons. The normalized spacial score (nSPS) is 11.8. The first-order valence-corrected chi connectivity index (χ1v) is 3.70. The minimum Gasteiger partial charge on any atom is -0.273 e. The van der Waals surface area contributed by atoms with Gasteiger partial charge < -0.3 is 0 Å². The standard InChI is InChI=1S/C8H14N2O/c1-5-7(11)10-8(9-4)6(2)3/h6H,4-5H2,1-3H3. The minimum atomic E-state index is -0.138. The summed E-state index contributed by atoms with van der Waals surface area (Å²) in [5.41, 5.74) is 0. The summed E-state index contributed by atoms with van der Waals surface area (Å²) in [5, 5.41) is 0. The molecule has 0 aromatic carbocycles. The predicted octanol–water partition coefficient (Wildman–Crippen LogP) is 1.68. The molecule has 1 amide bonds. The van der Waals surface area contributed by atoms with E-state index in [1.807, 2.05) is 13.8 Å². The van der Waals surface area contributed by atoms with E-state index in [2.05, 4.69) is 16.7 Å². The van der Waals surface area contributed by atoms with Crippen molar-refractivity contribution in [3.05, 3.63) is 0 Å². The second-order valence-electron chi connectivity index (χ2n) is 2.53. The molecule has 0 N–H and O–H groups in total. The smallest absolute Gasteiger partial charge is 0.247 e. The van der Waals surface area contributed by atoms with E-state index in [9.17, 15) is 4.79 Å².